The van der Waals surface area contributed by atoms with Crippen molar-refractivity contribution in [3.8, 4) is 5.75 Å². The lowest BCUT2D eigenvalue weighted by molar-refractivity contribution is -0.857. The number of amides is 1. The van der Waals surface area contributed by atoms with Gasteiger partial charge in [0.1, 0.15) is 11.5 Å². The molecule has 2 N–H and O–H groups in total. The lowest BCUT2D eigenvalue weighted by Gasteiger charge is -2.27. The molecule has 0 saturated heterocycles. The number of aliphatic hydroxyl groups excluding tert-OH is 1. The fraction of sp³-hybridized carbons (Fsp3) is 0.391. The minimum absolute atomic E-state index is 0.0340. The van der Waals surface area contributed by atoms with Gasteiger partial charge in [-0.2, -0.15) is 0 Å². The first-order valence-electron chi connectivity index (χ1n) is 10.1. The van der Waals surface area contributed by atoms with Gasteiger partial charge in [-0.25, -0.2) is 0 Å². The van der Waals surface area contributed by atoms with Crippen LogP contribution < -0.4 is 9.64 Å². The Balaban J connectivity index is 2.01. The van der Waals surface area contributed by atoms with E-state index in [1.54, 1.807) is 24.0 Å². The fourth-order valence-corrected chi connectivity index (χ4v) is 3.50. The van der Waals surface area contributed by atoms with Crippen LogP contribution in [-0.4, -0.2) is 55.0 Å². The smallest absolute Gasteiger partial charge is 0.290 e. The van der Waals surface area contributed by atoms with Gasteiger partial charge in [0.2, 0.25) is 5.78 Å². The molecular formula is C23H29N2O5+. The van der Waals surface area contributed by atoms with Crippen molar-refractivity contribution in [1.82, 2.24) is 4.90 Å². The van der Waals surface area contributed by atoms with Gasteiger partial charge in [-0.3, -0.25) is 9.59 Å². The molecule has 0 bridgehead atoms. The molecule has 1 aromatic carbocycles. The summed E-state index contributed by atoms with van der Waals surface area (Å²) < 4.78 is 11.2. The van der Waals surface area contributed by atoms with Crippen LogP contribution in [-0.2, 0) is 4.79 Å². The summed E-state index contributed by atoms with van der Waals surface area (Å²) in [6.45, 7) is 6.69. The number of nitrogens with one attached hydrogen (secondary N) is 1. The second-order valence-corrected chi connectivity index (χ2v) is 8.10. The molecule has 0 spiro atoms. The molecule has 1 atom stereocenters. The van der Waals surface area contributed by atoms with Crippen molar-refractivity contribution in [2.45, 2.75) is 32.9 Å². The van der Waals surface area contributed by atoms with Crippen LogP contribution in [0.2, 0.25) is 0 Å². The average molecular weight is 413 g/mol. The summed E-state index contributed by atoms with van der Waals surface area (Å²) in [5, 5.41) is 10.6. The van der Waals surface area contributed by atoms with E-state index in [2.05, 4.69) is 0 Å². The van der Waals surface area contributed by atoms with Crippen LogP contribution in [0.3, 0.4) is 0 Å². The Morgan fingerprint density at radius 3 is 2.40 bits per heavy atom. The van der Waals surface area contributed by atoms with E-state index in [1.165, 1.54) is 0 Å². The number of carbonyl (C=O) groups excluding carboxylic acids is 2. The van der Waals surface area contributed by atoms with Gasteiger partial charge in [0.25, 0.3) is 5.91 Å². The molecule has 1 aliphatic rings. The van der Waals surface area contributed by atoms with E-state index in [0.29, 0.717) is 24.6 Å². The minimum atomic E-state index is -0.692. The third-order valence-electron chi connectivity index (χ3n) is 4.93. The van der Waals surface area contributed by atoms with Gasteiger partial charge in [0, 0.05) is 0 Å². The van der Waals surface area contributed by atoms with Gasteiger partial charge < -0.3 is 24.1 Å². The first-order chi connectivity index (χ1) is 14.2. The van der Waals surface area contributed by atoms with Crippen molar-refractivity contribution in [3.05, 3.63) is 64.8 Å². The summed E-state index contributed by atoms with van der Waals surface area (Å²) in [6, 6.07) is 9.82. The molecule has 1 amide bonds. The number of quaternary nitrogens is 1. The van der Waals surface area contributed by atoms with Gasteiger partial charge in [-0.15, -0.1) is 0 Å². The van der Waals surface area contributed by atoms with E-state index >= 15 is 0 Å². The Kier molecular flexibility index (Phi) is 6.31. The number of benzene rings is 1. The zero-order chi connectivity index (χ0) is 22.0. The molecule has 2 aromatic rings. The van der Waals surface area contributed by atoms with Crippen LogP contribution in [0, 0.1) is 6.92 Å². The minimum Gasteiger partial charge on any atom is -0.503 e. The highest BCUT2D eigenvalue weighted by Crippen LogP contribution is 2.39. The molecule has 0 aliphatic carbocycles. The van der Waals surface area contributed by atoms with E-state index in [0.717, 1.165) is 10.5 Å². The topological polar surface area (TPSA) is 84.4 Å². The summed E-state index contributed by atoms with van der Waals surface area (Å²) in [7, 11) is 3.97. The monoisotopic (exact) mass is 413 g/mol. The largest absolute Gasteiger partial charge is 0.503 e. The molecule has 0 radical (unpaired) electrons. The highest BCUT2D eigenvalue weighted by Gasteiger charge is 2.44. The molecule has 2 heterocycles. The normalized spacial score (nSPS) is 16.8. The van der Waals surface area contributed by atoms with Crippen molar-refractivity contribution < 1.29 is 28.7 Å². The average Bonchev–Trinajstić information content (AvgIpc) is 3.22. The number of Topliss-reactive ketones (excluding diaryl/α,β-unsaturated/α-hetero) is 1. The van der Waals surface area contributed by atoms with Crippen LogP contribution in [0.25, 0.3) is 0 Å². The summed E-state index contributed by atoms with van der Waals surface area (Å²) >= 11 is 0. The number of carbonyl (C=O) groups is 2. The lowest BCUT2D eigenvalue weighted by atomic mass is 9.95. The van der Waals surface area contributed by atoms with Gasteiger partial charge in [-0.1, -0.05) is 12.1 Å². The van der Waals surface area contributed by atoms with E-state index < -0.39 is 23.5 Å². The van der Waals surface area contributed by atoms with Crippen LogP contribution in [0.15, 0.2) is 52.1 Å². The maximum absolute atomic E-state index is 13.2. The lowest BCUT2D eigenvalue weighted by Crippen LogP contribution is -3.06. The van der Waals surface area contributed by atoms with Crippen molar-refractivity contribution in [3.63, 3.8) is 0 Å². The van der Waals surface area contributed by atoms with E-state index in [-0.39, 0.29) is 17.4 Å². The van der Waals surface area contributed by atoms with Gasteiger partial charge >= 0.3 is 0 Å². The van der Waals surface area contributed by atoms with Crippen LogP contribution in [0.5, 0.6) is 5.75 Å². The Morgan fingerprint density at radius 1 is 1.20 bits per heavy atom. The molecule has 7 nitrogen and oxygen atoms in total. The van der Waals surface area contributed by atoms with Crippen LogP contribution in [0.1, 0.15) is 41.8 Å². The molecule has 1 aliphatic heterocycles. The number of ether oxygens (including phenoxy) is 1. The standard InChI is InChI=1S/C23H28N2O5/c1-14(2)29-17-9-7-16(8-10-17)20-19(21(26)18-11-6-15(3)30-18)22(27)23(28)25(20)13-12-24(4)5/h6-11,14,20,27H,12-13H2,1-5H3/p+1/t20-/m1/s1. The number of furan rings is 1. The molecule has 30 heavy (non-hydrogen) atoms. The first kappa shape index (κ1) is 21.6. The predicted octanol–water partition coefficient (Wildman–Crippen LogP) is 2.10. The van der Waals surface area contributed by atoms with Gasteiger partial charge in [0.05, 0.1) is 44.9 Å². The second kappa shape index (κ2) is 8.75. The van der Waals surface area contributed by atoms with Crippen molar-refractivity contribution in [2.24, 2.45) is 0 Å². The maximum atomic E-state index is 13.2. The molecule has 7 heteroatoms. The van der Waals surface area contributed by atoms with Crippen LogP contribution >= 0.6 is 0 Å². The summed E-state index contributed by atoms with van der Waals surface area (Å²) in [5.41, 5.74) is 0.768. The van der Waals surface area contributed by atoms with E-state index in [4.69, 9.17) is 9.15 Å². The maximum Gasteiger partial charge on any atom is 0.290 e. The third-order valence-corrected chi connectivity index (χ3v) is 4.93. The molecule has 1 aromatic heterocycles. The number of nitrogens with zero attached hydrogens (tertiary/aromatic N) is 1. The number of aliphatic hydroxyl groups is 1. The summed E-state index contributed by atoms with van der Waals surface area (Å²) in [5.74, 6) is -0.161. The summed E-state index contributed by atoms with van der Waals surface area (Å²) in [4.78, 5) is 28.7. The molecule has 0 saturated carbocycles. The van der Waals surface area contributed by atoms with E-state index in [9.17, 15) is 14.7 Å². The third kappa shape index (κ3) is 4.41. The molecule has 3 rings (SSSR count). The van der Waals surface area contributed by atoms with Crippen molar-refractivity contribution in [1.29, 1.82) is 0 Å². The number of hydrogen-bond donors (Lipinski definition) is 2. The number of likely N-dealkylation sites (N-methyl/N-ethyl adjacent to an activating group) is 1. The van der Waals surface area contributed by atoms with Gasteiger partial charge in [0.15, 0.2) is 11.5 Å². The quantitative estimate of drug-likeness (QED) is 0.648. The zero-order valence-corrected chi connectivity index (χ0v) is 18.1. The Hall–Kier alpha value is -3.06. The van der Waals surface area contributed by atoms with Gasteiger partial charge in [-0.05, 0) is 50.6 Å². The summed E-state index contributed by atoms with van der Waals surface area (Å²) in [6.07, 6.45) is 0.0340. The van der Waals surface area contributed by atoms with Crippen molar-refractivity contribution >= 4 is 11.7 Å². The molecule has 0 unspecified atom stereocenters. The Morgan fingerprint density at radius 2 is 1.87 bits per heavy atom. The van der Waals surface area contributed by atoms with E-state index in [1.807, 2.05) is 52.2 Å². The predicted molar refractivity (Wildman–Crippen MR) is 112 cm³/mol. The van der Waals surface area contributed by atoms with Crippen LogP contribution in [0.4, 0.5) is 0 Å². The second-order valence-electron chi connectivity index (χ2n) is 8.10. The molecule has 160 valence electrons. The zero-order valence-electron chi connectivity index (χ0n) is 18.1. The van der Waals surface area contributed by atoms with Crippen molar-refractivity contribution in [2.75, 3.05) is 27.2 Å². The SMILES string of the molecule is Cc1ccc(C(=O)C2=C(O)C(=O)N(CC[NH+](C)C)[C@@H]2c2ccc(OC(C)C)cc2)o1. The fourth-order valence-electron chi connectivity index (χ4n) is 3.50. The molecular weight excluding hydrogens is 384 g/mol. The number of hydrogen-bond acceptors (Lipinski definition) is 5. The molecule has 0 fully saturated rings. The number of rotatable bonds is 8. The highest BCUT2D eigenvalue weighted by molar-refractivity contribution is 6.15. The number of aryl methyl sites for hydroxylation is 1. The number of ketones is 1. The first-order valence-corrected chi connectivity index (χ1v) is 10.1. The Labute approximate surface area is 176 Å². The highest BCUT2D eigenvalue weighted by atomic mass is 16.5. The Bertz CT molecular complexity index is 956.